The van der Waals surface area contributed by atoms with Crippen molar-refractivity contribution >= 4 is 11.7 Å². The molecule has 1 atom stereocenters. The van der Waals surface area contributed by atoms with E-state index in [9.17, 15) is 4.79 Å². The van der Waals surface area contributed by atoms with Gasteiger partial charge >= 0.3 is 0 Å². The third-order valence-corrected chi connectivity index (χ3v) is 3.30. The van der Waals surface area contributed by atoms with Crippen molar-refractivity contribution in [2.75, 3.05) is 18.0 Å². The summed E-state index contributed by atoms with van der Waals surface area (Å²) in [7, 11) is 0. The molecule has 7 heteroatoms. The number of rotatable bonds is 4. The summed E-state index contributed by atoms with van der Waals surface area (Å²) in [5, 5.41) is 10.7. The summed E-state index contributed by atoms with van der Waals surface area (Å²) in [5.41, 5.74) is 10.4. The molecule has 1 amide bonds. The van der Waals surface area contributed by atoms with Gasteiger partial charge in [-0.1, -0.05) is 12.0 Å². The smallest absolute Gasteiger partial charge is 0.228 e. The molecule has 1 N–H and O–H groups in total. The minimum Gasteiger partial charge on any atom is -0.295 e. The summed E-state index contributed by atoms with van der Waals surface area (Å²) in [6, 6.07) is 0. The maximum Gasteiger partial charge on any atom is 0.228 e. The molecule has 0 aromatic carbocycles. The summed E-state index contributed by atoms with van der Waals surface area (Å²) in [6.07, 6.45) is 1.29. The number of aromatic amines is 1. The monoisotopic (exact) mass is 248 g/mol. The lowest BCUT2D eigenvalue weighted by molar-refractivity contribution is -0.117. The molecule has 0 bridgehead atoms. The second-order valence-electron chi connectivity index (χ2n) is 4.49. The number of carbonyl (C=O) groups is 1. The predicted molar refractivity (Wildman–Crippen MR) is 67.2 cm³/mol. The zero-order valence-corrected chi connectivity index (χ0v) is 10.6. The molecular weight excluding hydrogens is 232 g/mol. The van der Waals surface area contributed by atoms with Crippen LogP contribution in [0.15, 0.2) is 5.11 Å². The maximum absolute atomic E-state index is 11.9. The molecule has 0 aliphatic carbocycles. The zero-order chi connectivity index (χ0) is 13.1. The van der Waals surface area contributed by atoms with E-state index >= 15 is 0 Å². The number of hydrogen-bond acceptors (Lipinski definition) is 3. The molecule has 1 unspecified atom stereocenters. The number of azide groups is 1. The number of nitrogens with one attached hydrogen (secondary N) is 1. The molecule has 1 aliphatic rings. The Bertz CT molecular complexity index is 502. The van der Waals surface area contributed by atoms with Crippen molar-refractivity contribution in [1.29, 1.82) is 0 Å². The van der Waals surface area contributed by atoms with Gasteiger partial charge in [-0.25, -0.2) is 0 Å². The first kappa shape index (κ1) is 12.4. The Labute approximate surface area is 105 Å². The Morgan fingerprint density at radius 1 is 1.67 bits per heavy atom. The summed E-state index contributed by atoms with van der Waals surface area (Å²) < 4.78 is 0. The third-order valence-electron chi connectivity index (χ3n) is 3.30. The first-order valence-electron chi connectivity index (χ1n) is 6.02. The molecule has 2 rings (SSSR count). The molecule has 2 heterocycles. The Morgan fingerprint density at radius 3 is 3.06 bits per heavy atom. The highest BCUT2D eigenvalue weighted by Crippen LogP contribution is 2.27. The van der Waals surface area contributed by atoms with Gasteiger partial charge in [0.05, 0.1) is 0 Å². The van der Waals surface area contributed by atoms with Gasteiger partial charge in [0, 0.05) is 35.7 Å². The van der Waals surface area contributed by atoms with Crippen LogP contribution >= 0.6 is 0 Å². The van der Waals surface area contributed by atoms with Crippen molar-refractivity contribution in [1.82, 2.24) is 10.2 Å². The van der Waals surface area contributed by atoms with E-state index < -0.39 is 0 Å². The maximum atomic E-state index is 11.9. The van der Waals surface area contributed by atoms with E-state index in [-0.39, 0.29) is 11.8 Å². The molecule has 0 spiro atoms. The molecule has 1 aromatic heterocycles. The second kappa shape index (κ2) is 5.10. The summed E-state index contributed by atoms with van der Waals surface area (Å²) in [5.74, 6) is 0.847. The van der Waals surface area contributed by atoms with Crippen molar-refractivity contribution in [2.24, 2.45) is 11.0 Å². The fourth-order valence-electron chi connectivity index (χ4n) is 2.29. The third kappa shape index (κ3) is 2.17. The average molecular weight is 248 g/mol. The zero-order valence-electron chi connectivity index (χ0n) is 10.6. The number of aromatic nitrogens is 2. The van der Waals surface area contributed by atoms with E-state index in [1.165, 1.54) is 0 Å². The number of nitrogens with zero attached hydrogens (tertiary/aromatic N) is 5. The topological polar surface area (TPSA) is 97.8 Å². The summed E-state index contributed by atoms with van der Waals surface area (Å²) >= 11 is 0. The number of amides is 1. The van der Waals surface area contributed by atoms with Gasteiger partial charge in [-0.2, -0.15) is 5.10 Å². The van der Waals surface area contributed by atoms with E-state index in [4.69, 9.17) is 5.53 Å². The molecule has 0 saturated carbocycles. The minimum absolute atomic E-state index is 0.0467. The molecule has 1 aromatic rings. The molecule has 1 saturated heterocycles. The van der Waals surface area contributed by atoms with E-state index in [0.717, 1.165) is 17.7 Å². The molecule has 0 radical (unpaired) electrons. The number of aryl methyl sites for hydroxylation is 1. The van der Waals surface area contributed by atoms with Crippen LogP contribution in [0.1, 0.15) is 24.6 Å². The van der Waals surface area contributed by atoms with Crippen molar-refractivity contribution in [3.8, 4) is 0 Å². The van der Waals surface area contributed by atoms with Crippen LogP contribution in [0.5, 0.6) is 0 Å². The Kier molecular flexibility index (Phi) is 3.53. The lowest BCUT2D eigenvalue weighted by atomic mass is 10.1. The largest absolute Gasteiger partial charge is 0.295 e. The van der Waals surface area contributed by atoms with Gasteiger partial charge in [0.1, 0.15) is 0 Å². The van der Waals surface area contributed by atoms with E-state index in [1.807, 2.05) is 13.8 Å². The van der Waals surface area contributed by atoms with Gasteiger partial charge in [0.25, 0.3) is 0 Å². The molecule has 18 heavy (non-hydrogen) atoms. The fourth-order valence-corrected chi connectivity index (χ4v) is 2.29. The van der Waals surface area contributed by atoms with Crippen molar-refractivity contribution < 1.29 is 4.79 Å². The Hall–Kier alpha value is -2.01. The van der Waals surface area contributed by atoms with Crippen molar-refractivity contribution in [3.05, 3.63) is 21.7 Å². The lowest BCUT2D eigenvalue weighted by Gasteiger charge is -2.14. The normalized spacial score (nSPS) is 19.1. The minimum atomic E-state index is 0.0467. The van der Waals surface area contributed by atoms with Crippen LogP contribution in [0.25, 0.3) is 10.4 Å². The highest BCUT2D eigenvalue weighted by molar-refractivity contribution is 5.95. The predicted octanol–water partition coefficient (Wildman–Crippen LogP) is 1.94. The number of H-pyrrole nitrogens is 1. The van der Waals surface area contributed by atoms with Crippen LogP contribution in [-0.2, 0) is 11.2 Å². The van der Waals surface area contributed by atoms with Gasteiger partial charge in [-0.3, -0.25) is 14.8 Å². The van der Waals surface area contributed by atoms with Crippen LogP contribution in [0, 0.1) is 12.8 Å². The van der Waals surface area contributed by atoms with Gasteiger partial charge in [-0.05, 0) is 24.8 Å². The number of hydrogen-bond donors (Lipinski definition) is 1. The molecule has 1 aliphatic heterocycles. The summed E-state index contributed by atoms with van der Waals surface area (Å²) in [4.78, 5) is 16.3. The SMILES string of the molecule is CCc1[nH]nc(N2CC(CN=[N+]=[N-])CC2=O)c1C. The Morgan fingerprint density at radius 2 is 2.44 bits per heavy atom. The number of anilines is 1. The first-order chi connectivity index (χ1) is 8.67. The van der Waals surface area contributed by atoms with Crippen LogP contribution < -0.4 is 4.90 Å². The molecule has 1 fully saturated rings. The van der Waals surface area contributed by atoms with Gasteiger partial charge in [0.2, 0.25) is 5.91 Å². The number of carbonyl (C=O) groups excluding carboxylic acids is 1. The Balaban J connectivity index is 2.16. The van der Waals surface area contributed by atoms with Crippen LogP contribution in [0.4, 0.5) is 5.82 Å². The van der Waals surface area contributed by atoms with Gasteiger partial charge < -0.3 is 0 Å². The molecule has 96 valence electrons. The van der Waals surface area contributed by atoms with Gasteiger partial charge in [-0.15, -0.1) is 0 Å². The molecular formula is C11H16N6O. The first-order valence-corrected chi connectivity index (χ1v) is 6.02. The van der Waals surface area contributed by atoms with Crippen molar-refractivity contribution in [2.45, 2.75) is 26.7 Å². The molecule has 7 nitrogen and oxygen atoms in total. The summed E-state index contributed by atoms with van der Waals surface area (Å²) in [6.45, 7) is 4.95. The lowest BCUT2D eigenvalue weighted by Crippen LogP contribution is -2.25. The standard InChI is InChI=1S/C11H16N6O/c1-3-9-7(2)11(15-14-9)17-6-8(4-10(17)18)5-13-16-12/h8H,3-6H2,1-2H3,(H,14,15). The highest BCUT2D eigenvalue weighted by atomic mass is 16.2. The average Bonchev–Trinajstić information content (AvgIpc) is 2.90. The van der Waals surface area contributed by atoms with Crippen molar-refractivity contribution in [3.63, 3.8) is 0 Å². The van der Waals surface area contributed by atoms with Gasteiger partial charge in [0.15, 0.2) is 5.82 Å². The van der Waals surface area contributed by atoms with E-state index in [1.54, 1.807) is 4.90 Å². The van der Waals surface area contributed by atoms with E-state index in [2.05, 4.69) is 20.2 Å². The van der Waals surface area contributed by atoms with Crippen LogP contribution in [0.3, 0.4) is 0 Å². The highest BCUT2D eigenvalue weighted by Gasteiger charge is 2.32. The van der Waals surface area contributed by atoms with Crippen LogP contribution in [-0.4, -0.2) is 29.2 Å². The van der Waals surface area contributed by atoms with E-state index in [0.29, 0.717) is 25.3 Å². The van der Waals surface area contributed by atoms with Crippen LogP contribution in [0.2, 0.25) is 0 Å². The second-order valence-corrected chi connectivity index (χ2v) is 4.49. The fraction of sp³-hybridized carbons (Fsp3) is 0.636. The quantitative estimate of drug-likeness (QED) is 0.500.